The lowest BCUT2D eigenvalue weighted by molar-refractivity contribution is -0.134. The lowest BCUT2D eigenvalue weighted by atomic mass is 9.84. The molecule has 5 nitrogen and oxygen atoms in total. The molecule has 0 spiro atoms. The normalized spacial score (nSPS) is 30.1. The molecule has 1 aromatic rings. The number of alkyl halides is 2. The van der Waals surface area contributed by atoms with Crippen molar-refractivity contribution < 1.29 is 13.6 Å². The van der Waals surface area contributed by atoms with Crippen molar-refractivity contribution in [2.45, 2.75) is 76.0 Å². The van der Waals surface area contributed by atoms with Crippen LogP contribution in [0.2, 0.25) is 0 Å². The van der Waals surface area contributed by atoms with E-state index in [9.17, 15) is 13.6 Å². The minimum Gasteiger partial charge on any atom is -0.340 e. The minimum atomic E-state index is -2.53. The first-order chi connectivity index (χ1) is 13.4. The number of hydrogen-bond acceptors (Lipinski definition) is 5. The number of likely N-dealkylation sites (N-methyl/N-ethyl adjacent to an activating group) is 1. The second-order valence-electron chi connectivity index (χ2n) is 9.13. The highest BCUT2D eigenvalue weighted by molar-refractivity contribution is 7.15. The molecule has 154 valence electrons. The molecule has 1 aromatic heterocycles. The zero-order valence-corrected chi connectivity index (χ0v) is 17.2. The van der Waals surface area contributed by atoms with E-state index in [1.54, 1.807) is 11.3 Å². The molecule has 1 saturated carbocycles. The van der Waals surface area contributed by atoms with Gasteiger partial charge in [0.25, 0.3) is 0 Å². The van der Waals surface area contributed by atoms with Gasteiger partial charge in [-0.1, -0.05) is 11.3 Å². The number of carbonyl (C=O) groups excluding carboxylic acids is 1. The van der Waals surface area contributed by atoms with Gasteiger partial charge in [0.15, 0.2) is 5.13 Å². The van der Waals surface area contributed by atoms with Crippen LogP contribution in [0.15, 0.2) is 0 Å². The van der Waals surface area contributed by atoms with E-state index in [1.807, 2.05) is 4.90 Å². The molecule has 28 heavy (non-hydrogen) atoms. The van der Waals surface area contributed by atoms with Gasteiger partial charge in [0.05, 0.1) is 23.7 Å². The van der Waals surface area contributed by atoms with Gasteiger partial charge in [-0.05, 0) is 38.6 Å². The Morgan fingerprint density at radius 1 is 1.14 bits per heavy atom. The molecule has 2 atom stereocenters. The number of likely N-dealkylation sites (tertiary alicyclic amines) is 1. The lowest BCUT2D eigenvalue weighted by Crippen LogP contribution is -2.52. The molecule has 1 amide bonds. The van der Waals surface area contributed by atoms with Crippen molar-refractivity contribution in [2.75, 3.05) is 25.0 Å². The number of hydrogen-bond donors (Lipinski definition) is 0. The molecular formula is C20H28F2N4OS. The van der Waals surface area contributed by atoms with Crippen LogP contribution in [0.5, 0.6) is 0 Å². The molecule has 8 heteroatoms. The predicted molar refractivity (Wildman–Crippen MR) is 105 cm³/mol. The molecule has 5 rings (SSSR count). The molecule has 0 radical (unpaired) electrons. The predicted octanol–water partition coefficient (Wildman–Crippen LogP) is 3.48. The SMILES string of the molecule is CN1CC2CCC(C1)N2c1nc2c(s1)CN(C(=O)CC1CCC(F)(F)CC1)C2. The third-order valence-corrected chi connectivity index (χ3v) is 8.08. The minimum absolute atomic E-state index is 0.0729. The summed E-state index contributed by atoms with van der Waals surface area (Å²) < 4.78 is 26.6. The zero-order valence-electron chi connectivity index (χ0n) is 16.4. The van der Waals surface area contributed by atoms with Crippen LogP contribution in [0.25, 0.3) is 0 Å². The first kappa shape index (κ1) is 18.7. The molecule has 4 heterocycles. The van der Waals surface area contributed by atoms with E-state index < -0.39 is 5.92 Å². The maximum absolute atomic E-state index is 13.3. The fraction of sp³-hybridized carbons (Fsp3) is 0.800. The van der Waals surface area contributed by atoms with E-state index in [0.29, 0.717) is 44.4 Å². The number of anilines is 1. The number of aromatic nitrogens is 1. The van der Waals surface area contributed by atoms with Crippen LogP contribution in [0.4, 0.5) is 13.9 Å². The van der Waals surface area contributed by atoms with Crippen molar-refractivity contribution in [3.63, 3.8) is 0 Å². The van der Waals surface area contributed by atoms with Crippen LogP contribution in [0.3, 0.4) is 0 Å². The Labute approximate surface area is 168 Å². The average molecular weight is 411 g/mol. The summed E-state index contributed by atoms with van der Waals surface area (Å²) in [6.45, 7) is 3.42. The van der Waals surface area contributed by atoms with Gasteiger partial charge in [-0.25, -0.2) is 13.8 Å². The molecule has 2 saturated heterocycles. The van der Waals surface area contributed by atoms with Gasteiger partial charge in [-0.3, -0.25) is 4.79 Å². The molecule has 2 unspecified atom stereocenters. The Morgan fingerprint density at radius 3 is 2.46 bits per heavy atom. The first-order valence-electron chi connectivity index (χ1n) is 10.5. The fourth-order valence-electron chi connectivity index (χ4n) is 5.42. The summed E-state index contributed by atoms with van der Waals surface area (Å²) in [6, 6.07) is 1.13. The Bertz CT molecular complexity index is 722. The van der Waals surface area contributed by atoms with Gasteiger partial charge >= 0.3 is 0 Å². The van der Waals surface area contributed by atoms with Crippen molar-refractivity contribution in [2.24, 2.45) is 5.92 Å². The number of carbonyl (C=O) groups is 1. The van der Waals surface area contributed by atoms with E-state index in [4.69, 9.17) is 4.98 Å². The first-order valence-corrected chi connectivity index (χ1v) is 11.3. The molecule has 0 aromatic carbocycles. The highest BCUT2D eigenvalue weighted by atomic mass is 32.1. The maximum Gasteiger partial charge on any atom is 0.248 e. The number of rotatable bonds is 3. The highest BCUT2D eigenvalue weighted by Gasteiger charge is 2.41. The molecule has 2 bridgehead atoms. The zero-order chi connectivity index (χ0) is 19.5. The van der Waals surface area contributed by atoms with E-state index in [2.05, 4.69) is 16.8 Å². The quantitative estimate of drug-likeness (QED) is 0.765. The summed E-state index contributed by atoms with van der Waals surface area (Å²) in [5.41, 5.74) is 1.04. The number of halogens is 2. The smallest absolute Gasteiger partial charge is 0.248 e. The maximum atomic E-state index is 13.3. The Morgan fingerprint density at radius 2 is 1.82 bits per heavy atom. The van der Waals surface area contributed by atoms with Crippen LogP contribution in [-0.4, -0.2) is 58.8 Å². The number of amides is 1. The van der Waals surface area contributed by atoms with Gasteiger partial charge in [0.1, 0.15) is 0 Å². The fourth-order valence-corrected chi connectivity index (χ4v) is 6.65. The van der Waals surface area contributed by atoms with Crippen molar-refractivity contribution in [1.82, 2.24) is 14.8 Å². The Kier molecular flexibility index (Phi) is 4.62. The van der Waals surface area contributed by atoms with Crippen LogP contribution in [-0.2, 0) is 17.9 Å². The van der Waals surface area contributed by atoms with Gasteiger partial charge in [-0.15, -0.1) is 0 Å². The summed E-state index contributed by atoms with van der Waals surface area (Å²) in [5.74, 6) is -2.32. The van der Waals surface area contributed by atoms with E-state index in [0.717, 1.165) is 23.9 Å². The standard InChI is InChI=1S/C20H28F2N4OS/c1-24-9-14-2-3-15(10-24)26(14)19-23-16-11-25(12-17(16)28-19)18(27)8-13-4-6-20(21,22)7-5-13/h13-15H,2-12H2,1H3. The summed E-state index contributed by atoms with van der Waals surface area (Å²) >= 11 is 1.75. The molecule has 1 aliphatic carbocycles. The number of fused-ring (bicyclic) bond motifs is 3. The summed E-state index contributed by atoms with van der Waals surface area (Å²) in [7, 11) is 2.20. The lowest BCUT2D eigenvalue weighted by Gasteiger charge is -2.39. The van der Waals surface area contributed by atoms with Gasteiger partial charge < -0.3 is 14.7 Å². The van der Waals surface area contributed by atoms with E-state index >= 15 is 0 Å². The van der Waals surface area contributed by atoms with Gasteiger partial charge in [0.2, 0.25) is 11.8 Å². The topological polar surface area (TPSA) is 39.7 Å². The highest BCUT2D eigenvalue weighted by Crippen LogP contribution is 2.41. The van der Waals surface area contributed by atoms with Crippen molar-refractivity contribution in [1.29, 1.82) is 0 Å². The number of piperazine rings is 1. The van der Waals surface area contributed by atoms with Gasteiger partial charge in [0, 0.05) is 44.4 Å². The third kappa shape index (κ3) is 3.43. The van der Waals surface area contributed by atoms with Crippen molar-refractivity contribution in [3.05, 3.63) is 10.6 Å². The second-order valence-corrected chi connectivity index (χ2v) is 10.2. The van der Waals surface area contributed by atoms with Crippen LogP contribution >= 0.6 is 11.3 Å². The molecule has 0 N–H and O–H groups in total. The average Bonchev–Trinajstić information content (AvgIpc) is 3.26. The van der Waals surface area contributed by atoms with Crippen LogP contribution < -0.4 is 4.90 Å². The van der Waals surface area contributed by atoms with Crippen molar-refractivity contribution >= 4 is 22.4 Å². The van der Waals surface area contributed by atoms with E-state index in [-0.39, 0.29) is 24.7 Å². The number of nitrogens with zero attached hydrogens (tertiary/aromatic N) is 4. The molecular weight excluding hydrogens is 382 g/mol. The molecule has 3 aliphatic heterocycles. The Balaban J connectivity index is 1.19. The second kappa shape index (κ2) is 6.90. The van der Waals surface area contributed by atoms with E-state index in [1.165, 1.54) is 17.7 Å². The summed E-state index contributed by atoms with van der Waals surface area (Å²) in [5, 5.41) is 1.13. The summed E-state index contributed by atoms with van der Waals surface area (Å²) in [4.78, 5) is 25.6. The largest absolute Gasteiger partial charge is 0.340 e. The van der Waals surface area contributed by atoms with Crippen LogP contribution in [0, 0.1) is 5.92 Å². The van der Waals surface area contributed by atoms with Gasteiger partial charge in [-0.2, -0.15) is 0 Å². The summed E-state index contributed by atoms with van der Waals surface area (Å²) in [6.07, 6.45) is 3.66. The Hall–Kier alpha value is -1.28. The number of thiazole rings is 1. The molecule has 4 aliphatic rings. The molecule has 3 fully saturated rings. The van der Waals surface area contributed by atoms with Crippen LogP contribution in [0.1, 0.15) is 55.5 Å². The monoisotopic (exact) mass is 410 g/mol. The third-order valence-electron chi connectivity index (χ3n) is 6.98. The van der Waals surface area contributed by atoms with Crippen molar-refractivity contribution in [3.8, 4) is 0 Å².